The number of anilines is 1. The minimum Gasteiger partial charge on any atom is -0.302 e. The molecule has 0 spiro atoms. The summed E-state index contributed by atoms with van der Waals surface area (Å²) in [7, 11) is 0. The average Bonchev–Trinajstić information content (AvgIpc) is 2.69. The molecular weight excluding hydrogens is 306 g/mol. The second-order valence-electron chi connectivity index (χ2n) is 5.35. The van der Waals surface area contributed by atoms with Crippen LogP contribution in [0.1, 0.15) is 11.1 Å². The van der Waals surface area contributed by atoms with Crippen LogP contribution < -0.4 is 4.90 Å². The second kappa shape index (κ2) is 7.76. The molecule has 0 bridgehead atoms. The first-order valence-electron chi connectivity index (χ1n) is 7.93. The number of amidine groups is 1. The van der Waals surface area contributed by atoms with Gasteiger partial charge >= 0.3 is 0 Å². The standard InChI is InChI=1S/C22H17N3/c1-2-25(21-11-7-4-8-12-21)22(24-20-9-5-3-6-10-20)19-15-13-18(17-23)14-16-19/h2-16H,1H2. The highest BCUT2D eigenvalue weighted by atomic mass is 15.2. The lowest BCUT2D eigenvalue weighted by molar-refractivity contribution is 1.31. The van der Waals surface area contributed by atoms with Crippen molar-refractivity contribution in [2.45, 2.75) is 0 Å². The first-order chi connectivity index (χ1) is 12.3. The number of aliphatic imine (C=N–C) groups is 1. The minimum atomic E-state index is 0.618. The van der Waals surface area contributed by atoms with Crippen LogP contribution in [0.3, 0.4) is 0 Å². The van der Waals surface area contributed by atoms with Gasteiger partial charge in [0.25, 0.3) is 0 Å². The quantitative estimate of drug-likeness (QED) is 0.483. The van der Waals surface area contributed by atoms with Gasteiger partial charge < -0.3 is 4.90 Å². The van der Waals surface area contributed by atoms with Crippen molar-refractivity contribution >= 4 is 17.2 Å². The molecule has 0 N–H and O–H groups in total. The van der Waals surface area contributed by atoms with Gasteiger partial charge in [-0.05, 0) is 48.5 Å². The van der Waals surface area contributed by atoms with Gasteiger partial charge in [-0.2, -0.15) is 5.26 Å². The monoisotopic (exact) mass is 323 g/mol. The Morgan fingerprint density at radius 1 is 0.880 bits per heavy atom. The van der Waals surface area contributed by atoms with E-state index in [4.69, 9.17) is 10.3 Å². The molecule has 0 radical (unpaired) electrons. The molecule has 0 atom stereocenters. The molecule has 0 aliphatic carbocycles. The van der Waals surface area contributed by atoms with E-state index in [2.05, 4.69) is 12.6 Å². The third-order valence-corrected chi connectivity index (χ3v) is 3.71. The zero-order valence-electron chi connectivity index (χ0n) is 13.7. The molecule has 0 fully saturated rings. The van der Waals surface area contributed by atoms with E-state index in [0.717, 1.165) is 22.8 Å². The predicted molar refractivity (Wildman–Crippen MR) is 103 cm³/mol. The van der Waals surface area contributed by atoms with Crippen LogP contribution in [0.4, 0.5) is 11.4 Å². The van der Waals surface area contributed by atoms with Crippen LogP contribution in [-0.4, -0.2) is 5.84 Å². The molecule has 3 heteroatoms. The Hall–Kier alpha value is -3.64. The third kappa shape index (κ3) is 3.82. The van der Waals surface area contributed by atoms with E-state index >= 15 is 0 Å². The van der Waals surface area contributed by atoms with Crippen molar-refractivity contribution in [2.75, 3.05) is 4.90 Å². The molecule has 25 heavy (non-hydrogen) atoms. The Bertz CT molecular complexity index is 905. The van der Waals surface area contributed by atoms with E-state index < -0.39 is 0 Å². The SMILES string of the molecule is C=CN(C(=Nc1ccccc1)c1ccc(C#N)cc1)c1ccccc1. The highest BCUT2D eigenvalue weighted by molar-refractivity contribution is 6.12. The van der Waals surface area contributed by atoms with Gasteiger partial charge in [0.1, 0.15) is 5.84 Å². The molecule has 0 aromatic heterocycles. The first kappa shape index (κ1) is 16.2. The fourth-order valence-corrected chi connectivity index (χ4v) is 2.48. The van der Waals surface area contributed by atoms with Crippen molar-refractivity contribution < 1.29 is 0 Å². The van der Waals surface area contributed by atoms with Crippen LogP contribution in [0.5, 0.6) is 0 Å². The highest BCUT2D eigenvalue weighted by Gasteiger charge is 2.13. The number of hydrogen-bond donors (Lipinski definition) is 0. The maximum atomic E-state index is 9.03. The van der Waals surface area contributed by atoms with Crippen molar-refractivity contribution in [1.29, 1.82) is 5.26 Å². The summed E-state index contributed by atoms with van der Waals surface area (Å²) in [6, 6.07) is 29.3. The summed E-state index contributed by atoms with van der Waals surface area (Å²) in [6.07, 6.45) is 1.75. The van der Waals surface area contributed by atoms with Gasteiger partial charge in [-0.25, -0.2) is 4.99 Å². The van der Waals surface area contributed by atoms with Crippen LogP contribution in [-0.2, 0) is 0 Å². The van der Waals surface area contributed by atoms with Crippen molar-refractivity contribution in [3.8, 4) is 6.07 Å². The van der Waals surface area contributed by atoms with E-state index in [-0.39, 0.29) is 0 Å². The Morgan fingerprint density at radius 3 is 2.04 bits per heavy atom. The van der Waals surface area contributed by atoms with E-state index in [9.17, 15) is 0 Å². The zero-order valence-corrected chi connectivity index (χ0v) is 13.7. The van der Waals surface area contributed by atoms with E-state index in [1.54, 1.807) is 18.3 Å². The molecule has 3 aromatic rings. The maximum Gasteiger partial charge on any atom is 0.145 e. The van der Waals surface area contributed by atoms with E-state index in [1.807, 2.05) is 77.7 Å². The molecule has 0 unspecified atom stereocenters. The molecule has 0 heterocycles. The molecule has 0 saturated carbocycles. The number of para-hydroxylation sites is 2. The lowest BCUT2D eigenvalue weighted by atomic mass is 10.1. The third-order valence-electron chi connectivity index (χ3n) is 3.71. The molecule has 0 aliphatic heterocycles. The Balaban J connectivity index is 2.12. The Morgan fingerprint density at radius 2 is 1.48 bits per heavy atom. The van der Waals surface area contributed by atoms with Crippen LogP contribution in [0, 0.1) is 11.3 Å². The maximum absolute atomic E-state index is 9.03. The fourth-order valence-electron chi connectivity index (χ4n) is 2.48. The molecule has 0 saturated heterocycles. The summed E-state index contributed by atoms with van der Waals surface area (Å²) < 4.78 is 0. The van der Waals surface area contributed by atoms with Crippen molar-refractivity contribution in [3.05, 3.63) is 109 Å². The van der Waals surface area contributed by atoms with Crippen LogP contribution in [0.2, 0.25) is 0 Å². The summed E-state index contributed by atoms with van der Waals surface area (Å²) >= 11 is 0. The smallest absolute Gasteiger partial charge is 0.145 e. The fraction of sp³-hybridized carbons (Fsp3) is 0. The van der Waals surface area contributed by atoms with Crippen LogP contribution in [0.15, 0.2) is 103 Å². The van der Waals surface area contributed by atoms with Gasteiger partial charge in [-0.3, -0.25) is 0 Å². The molecule has 120 valence electrons. The molecule has 3 rings (SSSR count). The van der Waals surface area contributed by atoms with Crippen molar-refractivity contribution in [3.63, 3.8) is 0 Å². The van der Waals surface area contributed by atoms with Crippen LogP contribution in [0.25, 0.3) is 0 Å². The Labute approximate surface area is 147 Å². The van der Waals surface area contributed by atoms with Gasteiger partial charge in [0.15, 0.2) is 0 Å². The van der Waals surface area contributed by atoms with Gasteiger partial charge in [0.2, 0.25) is 0 Å². The van der Waals surface area contributed by atoms with Gasteiger partial charge in [-0.15, -0.1) is 0 Å². The minimum absolute atomic E-state index is 0.618. The number of nitrogens with zero attached hydrogens (tertiary/aromatic N) is 3. The molecule has 0 aliphatic rings. The lowest BCUT2D eigenvalue weighted by Crippen LogP contribution is -2.25. The average molecular weight is 323 g/mol. The molecule has 3 aromatic carbocycles. The summed E-state index contributed by atoms with van der Waals surface area (Å²) in [5, 5.41) is 9.03. The van der Waals surface area contributed by atoms with Crippen molar-refractivity contribution in [2.24, 2.45) is 4.99 Å². The normalized spacial score (nSPS) is 10.8. The Kier molecular flexibility index (Phi) is 5.04. The molecular formula is C22H17N3. The first-order valence-corrected chi connectivity index (χ1v) is 7.93. The number of benzene rings is 3. The molecule has 0 amide bonds. The lowest BCUT2D eigenvalue weighted by Gasteiger charge is -2.22. The van der Waals surface area contributed by atoms with E-state index in [1.165, 1.54) is 0 Å². The zero-order chi connectivity index (χ0) is 17.5. The number of hydrogen-bond acceptors (Lipinski definition) is 2. The number of rotatable bonds is 4. The largest absolute Gasteiger partial charge is 0.302 e. The highest BCUT2D eigenvalue weighted by Crippen LogP contribution is 2.21. The van der Waals surface area contributed by atoms with E-state index in [0.29, 0.717) is 5.56 Å². The number of nitriles is 1. The van der Waals surface area contributed by atoms with Gasteiger partial charge in [0, 0.05) is 17.5 Å². The second-order valence-corrected chi connectivity index (χ2v) is 5.35. The van der Waals surface area contributed by atoms with Gasteiger partial charge in [0.05, 0.1) is 17.3 Å². The topological polar surface area (TPSA) is 39.4 Å². The summed E-state index contributed by atoms with van der Waals surface area (Å²) in [4.78, 5) is 6.76. The predicted octanol–water partition coefficient (Wildman–Crippen LogP) is 5.29. The van der Waals surface area contributed by atoms with Gasteiger partial charge in [-0.1, -0.05) is 43.0 Å². The summed E-state index contributed by atoms with van der Waals surface area (Å²) in [5.41, 5.74) is 3.35. The summed E-state index contributed by atoms with van der Waals surface area (Å²) in [5.74, 6) is 0.747. The van der Waals surface area contributed by atoms with Crippen molar-refractivity contribution in [1.82, 2.24) is 0 Å². The summed E-state index contributed by atoms with van der Waals surface area (Å²) in [6.45, 7) is 3.95. The molecule has 3 nitrogen and oxygen atoms in total. The van der Waals surface area contributed by atoms with Crippen LogP contribution >= 0.6 is 0 Å².